The van der Waals surface area contributed by atoms with Crippen LogP contribution in [0.1, 0.15) is 17.5 Å². The number of hydrogen-bond acceptors (Lipinski definition) is 6. The van der Waals surface area contributed by atoms with E-state index in [9.17, 15) is 0 Å². The zero-order valence-corrected chi connectivity index (χ0v) is 16.3. The van der Waals surface area contributed by atoms with Gasteiger partial charge < -0.3 is 0 Å². The highest BCUT2D eigenvalue weighted by Gasteiger charge is 2.25. The van der Waals surface area contributed by atoms with Crippen molar-refractivity contribution < 1.29 is 0 Å². The van der Waals surface area contributed by atoms with E-state index >= 15 is 0 Å². The van der Waals surface area contributed by atoms with Gasteiger partial charge >= 0.3 is 0 Å². The number of thioether (sulfide) groups is 1. The maximum atomic E-state index is 5.10. The molecular weight excluding hydrogens is 374 g/mol. The molecular formula is C20H15N5S2. The van der Waals surface area contributed by atoms with Crippen LogP contribution in [-0.2, 0) is 12.8 Å². The zero-order valence-electron chi connectivity index (χ0n) is 14.6. The molecule has 0 fully saturated rings. The van der Waals surface area contributed by atoms with Crippen molar-refractivity contribution in [1.82, 2.24) is 24.6 Å². The van der Waals surface area contributed by atoms with Crippen LogP contribution in [0.25, 0.3) is 37.3 Å². The predicted octanol–water partition coefficient (Wildman–Crippen LogP) is 4.76. The molecule has 0 saturated heterocycles. The molecule has 0 spiro atoms. The van der Waals surface area contributed by atoms with E-state index in [4.69, 9.17) is 9.97 Å². The number of pyridine rings is 1. The largest absolute Gasteiger partial charge is 0.259 e. The quantitative estimate of drug-likeness (QED) is 0.407. The van der Waals surface area contributed by atoms with Crippen molar-refractivity contribution in [3.8, 4) is 11.3 Å². The molecule has 1 aromatic carbocycles. The minimum Gasteiger partial charge on any atom is -0.259 e. The number of hydrogen-bond donors (Lipinski definition) is 0. The van der Waals surface area contributed by atoms with Crippen molar-refractivity contribution >= 4 is 49.2 Å². The van der Waals surface area contributed by atoms with Gasteiger partial charge in [-0.15, -0.1) is 21.5 Å². The summed E-state index contributed by atoms with van der Waals surface area (Å²) >= 11 is 3.26. The normalized spacial score (nSPS) is 13.8. The molecule has 4 heterocycles. The van der Waals surface area contributed by atoms with E-state index in [1.54, 1.807) is 23.1 Å². The minimum atomic E-state index is 0.861. The SMILES string of the molecule is CSc1nnc2c3sc4nc(-c5ccccc5)c5c(c4c3ncn12)CCC5. The van der Waals surface area contributed by atoms with Crippen LogP contribution >= 0.6 is 23.1 Å². The van der Waals surface area contributed by atoms with Gasteiger partial charge in [0.1, 0.15) is 15.9 Å². The van der Waals surface area contributed by atoms with E-state index in [1.807, 2.05) is 17.0 Å². The highest BCUT2D eigenvalue weighted by atomic mass is 32.2. The molecule has 0 N–H and O–H groups in total. The van der Waals surface area contributed by atoms with E-state index in [0.717, 1.165) is 44.4 Å². The van der Waals surface area contributed by atoms with Gasteiger partial charge in [0.05, 0.1) is 11.2 Å². The number of rotatable bonds is 2. The van der Waals surface area contributed by atoms with Crippen molar-refractivity contribution in [1.29, 1.82) is 0 Å². The van der Waals surface area contributed by atoms with Gasteiger partial charge in [0.15, 0.2) is 10.8 Å². The number of thiophene rings is 1. The molecule has 6 rings (SSSR count). The van der Waals surface area contributed by atoms with Gasteiger partial charge in [0.2, 0.25) is 0 Å². The third-order valence-corrected chi connectivity index (χ3v) is 7.00. The number of fused-ring (bicyclic) bond motifs is 7. The van der Waals surface area contributed by atoms with Crippen LogP contribution in [0.4, 0.5) is 0 Å². The summed E-state index contributed by atoms with van der Waals surface area (Å²) in [6.07, 6.45) is 7.21. The van der Waals surface area contributed by atoms with Crippen LogP contribution in [0, 0.1) is 0 Å². The monoisotopic (exact) mass is 389 g/mol. The number of aryl methyl sites for hydroxylation is 1. The lowest BCUT2D eigenvalue weighted by atomic mass is 10.0. The van der Waals surface area contributed by atoms with Gasteiger partial charge in [-0.25, -0.2) is 9.97 Å². The number of aromatic nitrogens is 5. The molecule has 0 bridgehead atoms. The molecule has 0 atom stereocenters. The fourth-order valence-corrected chi connectivity index (χ4v) is 5.70. The van der Waals surface area contributed by atoms with Gasteiger partial charge in [0, 0.05) is 10.9 Å². The van der Waals surface area contributed by atoms with E-state index in [-0.39, 0.29) is 0 Å². The predicted molar refractivity (Wildman–Crippen MR) is 111 cm³/mol. The van der Waals surface area contributed by atoms with Gasteiger partial charge in [-0.2, -0.15) is 0 Å². The first kappa shape index (κ1) is 15.5. The Bertz CT molecular complexity index is 1340. The fourth-order valence-electron chi connectivity index (χ4n) is 4.11. The molecule has 5 aromatic rings. The Labute approximate surface area is 163 Å². The first-order chi connectivity index (χ1) is 13.3. The Morgan fingerprint density at radius 1 is 1.07 bits per heavy atom. The highest BCUT2D eigenvalue weighted by molar-refractivity contribution is 7.98. The van der Waals surface area contributed by atoms with Crippen LogP contribution in [0.2, 0.25) is 0 Å². The molecule has 1 aliphatic rings. The van der Waals surface area contributed by atoms with E-state index in [2.05, 4.69) is 40.5 Å². The molecule has 27 heavy (non-hydrogen) atoms. The van der Waals surface area contributed by atoms with Gasteiger partial charge in [-0.3, -0.25) is 4.40 Å². The third kappa shape index (κ3) is 2.12. The van der Waals surface area contributed by atoms with Crippen LogP contribution in [-0.4, -0.2) is 30.8 Å². The summed E-state index contributed by atoms with van der Waals surface area (Å²) in [6, 6.07) is 10.5. The summed E-state index contributed by atoms with van der Waals surface area (Å²) in [4.78, 5) is 11.0. The number of nitrogens with zero attached hydrogens (tertiary/aromatic N) is 5. The summed E-state index contributed by atoms with van der Waals surface area (Å²) in [5.74, 6) is 0. The first-order valence-corrected chi connectivity index (χ1v) is 11.0. The smallest absolute Gasteiger partial charge is 0.196 e. The van der Waals surface area contributed by atoms with Crippen molar-refractivity contribution in [2.24, 2.45) is 0 Å². The molecule has 0 radical (unpaired) electrons. The van der Waals surface area contributed by atoms with Gasteiger partial charge in [0.25, 0.3) is 0 Å². The van der Waals surface area contributed by atoms with Crippen LogP contribution in [0.5, 0.6) is 0 Å². The maximum absolute atomic E-state index is 5.10. The van der Waals surface area contributed by atoms with Crippen molar-refractivity contribution in [3.63, 3.8) is 0 Å². The van der Waals surface area contributed by atoms with Crippen molar-refractivity contribution in [3.05, 3.63) is 47.8 Å². The molecule has 0 saturated carbocycles. The maximum Gasteiger partial charge on any atom is 0.196 e. The standard InChI is InChI=1S/C20H15N5S2/c1-26-20-24-23-18-17-16(21-10-25(18)20)14-12-8-5-9-13(12)15(22-19(14)27-17)11-6-3-2-4-7-11/h2-4,6-7,10H,5,8-9H2,1H3. The second-order valence-corrected chi connectivity index (χ2v) is 8.49. The molecule has 0 amide bonds. The Kier molecular flexibility index (Phi) is 3.30. The molecule has 0 unspecified atom stereocenters. The zero-order chi connectivity index (χ0) is 18.0. The summed E-state index contributed by atoms with van der Waals surface area (Å²) < 4.78 is 3.05. The van der Waals surface area contributed by atoms with Crippen LogP contribution < -0.4 is 0 Å². The Morgan fingerprint density at radius 3 is 2.78 bits per heavy atom. The second-order valence-electron chi connectivity index (χ2n) is 6.72. The summed E-state index contributed by atoms with van der Waals surface area (Å²) in [5.41, 5.74) is 7.03. The fraction of sp³-hybridized carbons (Fsp3) is 0.200. The lowest BCUT2D eigenvalue weighted by Crippen LogP contribution is -1.94. The first-order valence-electron chi connectivity index (χ1n) is 8.92. The van der Waals surface area contributed by atoms with E-state index < -0.39 is 0 Å². The minimum absolute atomic E-state index is 0.861. The molecule has 7 heteroatoms. The third-order valence-electron chi connectivity index (χ3n) is 5.28. The van der Waals surface area contributed by atoms with E-state index in [1.165, 1.54) is 28.5 Å². The topological polar surface area (TPSA) is 56.0 Å². The molecule has 1 aliphatic carbocycles. The summed E-state index contributed by atoms with van der Waals surface area (Å²) in [6.45, 7) is 0. The molecule has 4 aromatic heterocycles. The Balaban J connectivity index is 1.74. The average Bonchev–Trinajstić information content (AvgIpc) is 3.42. The Hall–Kier alpha value is -2.51. The number of benzene rings is 1. The summed E-state index contributed by atoms with van der Waals surface area (Å²) in [5, 5.41) is 10.8. The van der Waals surface area contributed by atoms with Crippen LogP contribution in [0.3, 0.4) is 0 Å². The van der Waals surface area contributed by atoms with Crippen LogP contribution in [0.15, 0.2) is 41.8 Å². The lowest BCUT2D eigenvalue weighted by molar-refractivity contribution is 0.909. The molecule has 5 nitrogen and oxygen atoms in total. The molecule has 132 valence electrons. The Morgan fingerprint density at radius 2 is 1.93 bits per heavy atom. The molecule has 0 aliphatic heterocycles. The highest BCUT2D eigenvalue weighted by Crippen LogP contribution is 2.42. The lowest BCUT2D eigenvalue weighted by Gasteiger charge is -2.09. The average molecular weight is 390 g/mol. The summed E-state index contributed by atoms with van der Waals surface area (Å²) in [7, 11) is 0. The van der Waals surface area contributed by atoms with Gasteiger partial charge in [-0.1, -0.05) is 42.1 Å². The van der Waals surface area contributed by atoms with Gasteiger partial charge in [-0.05, 0) is 36.6 Å². The van der Waals surface area contributed by atoms with Crippen molar-refractivity contribution in [2.75, 3.05) is 6.26 Å². The van der Waals surface area contributed by atoms with Crippen molar-refractivity contribution in [2.45, 2.75) is 24.4 Å². The van der Waals surface area contributed by atoms with E-state index in [0.29, 0.717) is 0 Å². The second kappa shape index (κ2) is 5.74.